The lowest BCUT2D eigenvalue weighted by Crippen LogP contribution is -2.43. The van der Waals surface area contributed by atoms with E-state index in [1.165, 1.54) is 19.3 Å². The fourth-order valence-corrected chi connectivity index (χ4v) is 2.81. The molecule has 1 atom stereocenters. The molecular formula is C16H30OSi. The van der Waals surface area contributed by atoms with Crippen molar-refractivity contribution in [1.29, 1.82) is 0 Å². The maximum atomic E-state index is 6.41. The van der Waals surface area contributed by atoms with Gasteiger partial charge in [0.2, 0.25) is 0 Å². The minimum Gasteiger partial charge on any atom is -0.411 e. The van der Waals surface area contributed by atoms with Crippen molar-refractivity contribution in [2.45, 2.75) is 77.6 Å². The van der Waals surface area contributed by atoms with Crippen molar-refractivity contribution in [1.82, 2.24) is 0 Å². The van der Waals surface area contributed by atoms with E-state index in [1.54, 1.807) is 6.08 Å². The van der Waals surface area contributed by atoms with Gasteiger partial charge in [-0.1, -0.05) is 52.9 Å². The Kier molecular flexibility index (Phi) is 7.59. The Labute approximate surface area is 115 Å². The fraction of sp³-hybridized carbons (Fsp3) is 0.750. The highest BCUT2D eigenvalue weighted by molar-refractivity contribution is 6.74. The number of hydrogen-bond donors (Lipinski definition) is 0. The molecule has 0 aromatic carbocycles. The molecule has 0 saturated heterocycles. The molecule has 0 aliphatic heterocycles. The Balaban J connectivity index is 4.58. The molecule has 1 nitrogen and oxygen atoms in total. The van der Waals surface area contributed by atoms with E-state index in [0.717, 1.165) is 6.42 Å². The lowest BCUT2D eigenvalue weighted by molar-refractivity contribution is 0.211. The second-order valence-electron chi connectivity index (χ2n) is 6.44. The van der Waals surface area contributed by atoms with Gasteiger partial charge in [-0.3, -0.25) is 0 Å². The van der Waals surface area contributed by atoms with E-state index in [0.29, 0.717) is 0 Å². The van der Waals surface area contributed by atoms with Crippen LogP contribution in [-0.4, -0.2) is 14.4 Å². The molecular weight excluding hydrogens is 236 g/mol. The minimum absolute atomic E-state index is 0.188. The summed E-state index contributed by atoms with van der Waals surface area (Å²) >= 11 is 0. The molecule has 104 valence electrons. The third kappa shape index (κ3) is 6.42. The zero-order chi connectivity index (χ0) is 14.2. The molecule has 0 bridgehead atoms. The first-order valence-corrected chi connectivity index (χ1v) is 9.96. The standard InChI is InChI=1S/C16H30OSi/c1-8-10-12-14-15(13-11-9-2)17-18(6,7)16(3,4)5/h2,11,13,15H,8,10,12,14H2,1,3-7H3/b13-11+/t15-/m1/s1. The van der Waals surface area contributed by atoms with Gasteiger partial charge in [0, 0.05) is 0 Å². The average molecular weight is 267 g/mol. The Hall–Kier alpha value is -0.523. The highest BCUT2D eigenvalue weighted by Crippen LogP contribution is 2.37. The van der Waals surface area contributed by atoms with Crippen LogP contribution in [0.4, 0.5) is 0 Å². The normalized spacial score (nSPS) is 14.7. The van der Waals surface area contributed by atoms with Crippen molar-refractivity contribution >= 4 is 8.32 Å². The van der Waals surface area contributed by atoms with Crippen LogP contribution < -0.4 is 0 Å². The van der Waals surface area contributed by atoms with Gasteiger partial charge in [0.15, 0.2) is 8.32 Å². The third-order valence-corrected chi connectivity index (χ3v) is 8.26. The van der Waals surface area contributed by atoms with Crippen molar-refractivity contribution < 1.29 is 4.43 Å². The number of allylic oxidation sites excluding steroid dienone is 1. The molecule has 0 aromatic rings. The molecule has 18 heavy (non-hydrogen) atoms. The van der Waals surface area contributed by atoms with E-state index in [-0.39, 0.29) is 11.1 Å². The molecule has 0 N–H and O–H groups in total. The summed E-state index contributed by atoms with van der Waals surface area (Å²) < 4.78 is 6.41. The summed E-state index contributed by atoms with van der Waals surface area (Å²) in [7, 11) is -1.70. The van der Waals surface area contributed by atoms with Crippen molar-refractivity contribution in [3.63, 3.8) is 0 Å². The van der Waals surface area contributed by atoms with Crippen LogP contribution in [0.25, 0.3) is 0 Å². The summed E-state index contributed by atoms with van der Waals surface area (Å²) in [5.74, 6) is 2.57. The predicted molar refractivity (Wildman–Crippen MR) is 84.2 cm³/mol. The minimum atomic E-state index is -1.70. The maximum absolute atomic E-state index is 6.41. The van der Waals surface area contributed by atoms with Gasteiger partial charge >= 0.3 is 0 Å². The summed E-state index contributed by atoms with van der Waals surface area (Å²) in [6, 6.07) is 0. The van der Waals surface area contributed by atoms with Crippen molar-refractivity contribution in [3.8, 4) is 12.3 Å². The summed E-state index contributed by atoms with van der Waals surface area (Å²) in [6.07, 6.45) is 14.1. The lowest BCUT2D eigenvalue weighted by atomic mass is 10.1. The van der Waals surface area contributed by atoms with Crippen LogP contribution in [0.15, 0.2) is 12.2 Å². The van der Waals surface area contributed by atoms with E-state index in [1.807, 2.05) is 0 Å². The van der Waals surface area contributed by atoms with Gasteiger partial charge in [-0.2, -0.15) is 0 Å². The number of rotatable bonds is 7. The third-order valence-electron chi connectivity index (χ3n) is 3.75. The summed E-state index contributed by atoms with van der Waals surface area (Å²) in [6.45, 7) is 13.6. The second-order valence-corrected chi connectivity index (χ2v) is 11.2. The molecule has 0 aliphatic rings. The van der Waals surface area contributed by atoms with Crippen LogP contribution in [0.1, 0.15) is 53.4 Å². The second kappa shape index (κ2) is 7.81. The van der Waals surface area contributed by atoms with Crippen LogP contribution in [0.2, 0.25) is 18.1 Å². The molecule has 0 unspecified atom stereocenters. The van der Waals surface area contributed by atoms with Gasteiger partial charge in [0.25, 0.3) is 0 Å². The van der Waals surface area contributed by atoms with Crippen LogP contribution in [-0.2, 0) is 4.43 Å². The van der Waals surface area contributed by atoms with Crippen LogP contribution in [0.5, 0.6) is 0 Å². The molecule has 0 spiro atoms. The molecule has 0 aromatic heterocycles. The van der Waals surface area contributed by atoms with E-state index in [4.69, 9.17) is 10.8 Å². The quantitative estimate of drug-likeness (QED) is 0.352. The fourth-order valence-electron chi connectivity index (χ4n) is 1.51. The molecule has 2 heteroatoms. The first-order chi connectivity index (χ1) is 8.24. The Morgan fingerprint density at radius 2 is 1.89 bits per heavy atom. The lowest BCUT2D eigenvalue weighted by Gasteiger charge is -2.38. The average Bonchev–Trinajstić information content (AvgIpc) is 2.24. The first-order valence-electron chi connectivity index (χ1n) is 7.05. The zero-order valence-corrected chi connectivity index (χ0v) is 14.0. The molecule has 0 radical (unpaired) electrons. The highest BCUT2D eigenvalue weighted by atomic mass is 28.4. The van der Waals surface area contributed by atoms with E-state index in [2.05, 4.69) is 52.8 Å². The van der Waals surface area contributed by atoms with Crippen molar-refractivity contribution in [2.24, 2.45) is 0 Å². The first kappa shape index (κ1) is 17.5. The largest absolute Gasteiger partial charge is 0.411 e. The topological polar surface area (TPSA) is 9.23 Å². The van der Waals surface area contributed by atoms with E-state index in [9.17, 15) is 0 Å². The molecule has 0 rings (SSSR count). The Morgan fingerprint density at radius 1 is 1.28 bits per heavy atom. The molecule has 0 fully saturated rings. The smallest absolute Gasteiger partial charge is 0.192 e. The van der Waals surface area contributed by atoms with Gasteiger partial charge < -0.3 is 4.43 Å². The van der Waals surface area contributed by atoms with Gasteiger partial charge in [0.05, 0.1) is 6.10 Å². The van der Waals surface area contributed by atoms with Gasteiger partial charge in [0.1, 0.15) is 0 Å². The van der Waals surface area contributed by atoms with E-state index >= 15 is 0 Å². The predicted octanol–water partition coefficient (Wildman–Crippen LogP) is 5.15. The summed E-state index contributed by atoms with van der Waals surface area (Å²) in [5.41, 5.74) is 0. The molecule has 0 saturated carbocycles. The van der Waals surface area contributed by atoms with Crippen molar-refractivity contribution in [2.75, 3.05) is 0 Å². The summed E-state index contributed by atoms with van der Waals surface area (Å²) in [4.78, 5) is 0. The zero-order valence-electron chi connectivity index (χ0n) is 13.0. The van der Waals surface area contributed by atoms with Gasteiger partial charge in [-0.15, -0.1) is 6.42 Å². The Morgan fingerprint density at radius 3 is 2.33 bits per heavy atom. The summed E-state index contributed by atoms with van der Waals surface area (Å²) in [5, 5.41) is 0.250. The van der Waals surface area contributed by atoms with Crippen LogP contribution in [0.3, 0.4) is 0 Å². The maximum Gasteiger partial charge on any atom is 0.192 e. The van der Waals surface area contributed by atoms with Gasteiger partial charge in [-0.05, 0) is 36.7 Å². The number of unbranched alkanes of at least 4 members (excludes halogenated alkanes) is 2. The van der Waals surface area contributed by atoms with Crippen LogP contribution >= 0.6 is 0 Å². The number of hydrogen-bond acceptors (Lipinski definition) is 1. The monoisotopic (exact) mass is 266 g/mol. The van der Waals surface area contributed by atoms with E-state index < -0.39 is 8.32 Å². The Bertz CT molecular complexity index is 291. The molecule has 0 amide bonds. The number of terminal acetylenes is 1. The SMILES string of the molecule is C#C/C=C/[C@H](CCCCC)O[Si](C)(C)C(C)(C)C. The van der Waals surface area contributed by atoms with Crippen LogP contribution in [0, 0.1) is 12.3 Å². The van der Waals surface area contributed by atoms with Crippen molar-refractivity contribution in [3.05, 3.63) is 12.2 Å². The molecule has 0 heterocycles. The molecule has 0 aliphatic carbocycles. The van der Waals surface area contributed by atoms with Gasteiger partial charge in [-0.25, -0.2) is 0 Å². The highest BCUT2D eigenvalue weighted by Gasteiger charge is 2.38.